The molecule has 10 heteroatoms. The average Bonchev–Trinajstić information content (AvgIpc) is 2.68. The van der Waals surface area contributed by atoms with Crippen LogP contribution < -0.4 is 20.9 Å². The maximum Gasteiger partial charge on any atom is 0.321 e. The molecule has 1 aliphatic rings. The zero-order chi connectivity index (χ0) is 21.6. The third kappa shape index (κ3) is 6.45. The first kappa shape index (κ1) is 22.7. The van der Waals surface area contributed by atoms with Gasteiger partial charge in [0.1, 0.15) is 0 Å². The van der Waals surface area contributed by atoms with Crippen molar-refractivity contribution in [2.75, 3.05) is 18.9 Å². The third-order valence-electron chi connectivity index (χ3n) is 5.06. The van der Waals surface area contributed by atoms with Crippen molar-refractivity contribution >= 4 is 23.5 Å². The lowest BCUT2D eigenvalue weighted by atomic mass is 9.96. The van der Waals surface area contributed by atoms with Crippen molar-refractivity contribution in [1.29, 1.82) is 0 Å². The largest absolute Gasteiger partial charge is 0.335 e. The van der Waals surface area contributed by atoms with E-state index in [4.69, 9.17) is 0 Å². The quantitative estimate of drug-likeness (QED) is 0.525. The summed E-state index contributed by atoms with van der Waals surface area (Å²) in [6.45, 7) is 1.28. The van der Waals surface area contributed by atoms with Crippen molar-refractivity contribution in [2.24, 2.45) is 0 Å². The van der Waals surface area contributed by atoms with Gasteiger partial charge < -0.3 is 15.5 Å². The molecule has 0 aromatic heterocycles. The number of hydrogen-bond donors (Lipinski definition) is 4. The van der Waals surface area contributed by atoms with Crippen LogP contribution in [-0.4, -0.2) is 43.5 Å². The molecule has 7 nitrogen and oxygen atoms in total. The van der Waals surface area contributed by atoms with Crippen LogP contribution in [0, 0.1) is 17.5 Å². The zero-order valence-electron chi connectivity index (χ0n) is 16.4. The summed E-state index contributed by atoms with van der Waals surface area (Å²) in [5, 5.41) is 7.17. The second-order valence-electron chi connectivity index (χ2n) is 7.31. The molecule has 1 aromatic rings. The lowest BCUT2D eigenvalue weighted by Crippen LogP contribution is -3.15. The van der Waals surface area contributed by atoms with Crippen LogP contribution in [0.5, 0.6) is 0 Å². The minimum absolute atomic E-state index is 0.0497. The highest BCUT2D eigenvalue weighted by molar-refractivity contribution is 5.96. The predicted octanol–water partition coefficient (Wildman–Crippen LogP) is 1.10. The minimum atomic E-state index is -1.68. The van der Waals surface area contributed by atoms with Crippen molar-refractivity contribution in [2.45, 2.75) is 51.1 Å². The van der Waals surface area contributed by atoms with E-state index in [9.17, 15) is 27.6 Å². The van der Waals surface area contributed by atoms with E-state index in [0.29, 0.717) is 11.0 Å². The van der Waals surface area contributed by atoms with Gasteiger partial charge in [-0.15, -0.1) is 0 Å². The maximum absolute atomic E-state index is 13.6. The highest BCUT2D eigenvalue weighted by Gasteiger charge is 2.27. The Hall–Kier alpha value is -2.62. The summed E-state index contributed by atoms with van der Waals surface area (Å²) in [5.74, 6) is -5.80. The fourth-order valence-corrected chi connectivity index (χ4v) is 3.14. The Kier molecular flexibility index (Phi) is 8.00. The van der Waals surface area contributed by atoms with Crippen LogP contribution in [-0.2, 0) is 9.59 Å². The summed E-state index contributed by atoms with van der Waals surface area (Å²) in [7, 11) is 1.55. The van der Waals surface area contributed by atoms with Gasteiger partial charge in [-0.05, 0) is 31.9 Å². The summed E-state index contributed by atoms with van der Waals surface area (Å²) in [5.41, 5.74) is -0.495. The molecule has 0 heterocycles. The molecule has 0 spiro atoms. The van der Waals surface area contributed by atoms with Gasteiger partial charge in [0.05, 0.1) is 12.7 Å². The first-order valence-corrected chi connectivity index (χ1v) is 9.56. The standard InChI is InChI=1S/C19H25F3N4O3/c1-11(18(28)25-19(29)23-12-6-4-3-5-7-12)26(2)10-15(27)24-14-9-8-13(20)16(21)17(14)22/h8-9,11-12H,3-7,10H2,1-2H3,(H,24,27)(H2,23,25,28,29)/p+1/t11-/m1/s1. The van der Waals surface area contributed by atoms with Gasteiger partial charge in [0.2, 0.25) is 0 Å². The van der Waals surface area contributed by atoms with E-state index in [0.717, 1.165) is 38.2 Å². The Morgan fingerprint density at radius 3 is 2.41 bits per heavy atom. The third-order valence-corrected chi connectivity index (χ3v) is 5.06. The van der Waals surface area contributed by atoms with Gasteiger partial charge in [-0.3, -0.25) is 14.9 Å². The van der Waals surface area contributed by atoms with Gasteiger partial charge in [0.25, 0.3) is 11.8 Å². The number of likely N-dealkylation sites (N-methyl/N-ethyl adjacent to an activating group) is 1. The normalized spacial score (nSPS) is 16.6. The van der Waals surface area contributed by atoms with Crippen molar-refractivity contribution in [1.82, 2.24) is 10.6 Å². The molecular formula is C19H26F3N4O3+. The van der Waals surface area contributed by atoms with Crippen LogP contribution in [0.2, 0.25) is 0 Å². The topological polar surface area (TPSA) is 91.7 Å². The molecule has 1 fully saturated rings. The van der Waals surface area contributed by atoms with Crippen molar-refractivity contribution in [3.05, 3.63) is 29.6 Å². The van der Waals surface area contributed by atoms with E-state index in [2.05, 4.69) is 16.0 Å². The second kappa shape index (κ2) is 10.2. The molecule has 29 heavy (non-hydrogen) atoms. The fraction of sp³-hybridized carbons (Fsp3) is 0.526. The fourth-order valence-electron chi connectivity index (χ4n) is 3.14. The number of carbonyl (C=O) groups is 3. The monoisotopic (exact) mass is 415 g/mol. The number of nitrogens with one attached hydrogen (secondary N) is 4. The van der Waals surface area contributed by atoms with Gasteiger partial charge in [0.15, 0.2) is 30.0 Å². The van der Waals surface area contributed by atoms with Gasteiger partial charge >= 0.3 is 6.03 Å². The van der Waals surface area contributed by atoms with Gasteiger partial charge in [0, 0.05) is 6.04 Å². The van der Waals surface area contributed by atoms with Crippen molar-refractivity contribution in [3.63, 3.8) is 0 Å². The molecule has 1 unspecified atom stereocenters. The summed E-state index contributed by atoms with van der Waals surface area (Å²) in [6, 6.07) is 0.328. The molecule has 2 atom stereocenters. The molecule has 160 valence electrons. The van der Waals surface area contributed by atoms with E-state index in [1.54, 1.807) is 7.05 Å². The van der Waals surface area contributed by atoms with E-state index < -0.39 is 47.0 Å². The van der Waals surface area contributed by atoms with Crippen LogP contribution in [0.1, 0.15) is 39.0 Å². The maximum atomic E-state index is 13.6. The van der Waals surface area contributed by atoms with Crippen LogP contribution in [0.25, 0.3) is 0 Å². The Morgan fingerprint density at radius 1 is 1.10 bits per heavy atom. The summed E-state index contributed by atoms with van der Waals surface area (Å²) in [4.78, 5) is 36.7. The SMILES string of the molecule is C[C@H](C(=O)NC(=O)NC1CCCCC1)[NH+](C)CC(=O)Nc1ccc(F)c(F)c1F. The Balaban J connectivity index is 1.83. The molecule has 0 bridgehead atoms. The van der Waals surface area contributed by atoms with Crippen molar-refractivity contribution in [3.8, 4) is 0 Å². The van der Waals surface area contributed by atoms with E-state index in [1.807, 2.05) is 0 Å². The number of amides is 4. The van der Waals surface area contributed by atoms with Crippen LogP contribution in [0.3, 0.4) is 0 Å². The highest BCUT2D eigenvalue weighted by Crippen LogP contribution is 2.19. The highest BCUT2D eigenvalue weighted by atomic mass is 19.2. The van der Waals surface area contributed by atoms with Crippen LogP contribution in [0.4, 0.5) is 23.7 Å². The smallest absolute Gasteiger partial charge is 0.321 e. The molecule has 4 N–H and O–H groups in total. The number of benzene rings is 1. The molecule has 2 rings (SSSR count). The molecule has 0 radical (unpaired) electrons. The summed E-state index contributed by atoms with van der Waals surface area (Å²) >= 11 is 0. The number of carbonyl (C=O) groups excluding carboxylic acids is 3. The number of rotatable bonds is 6. The number of halogens is 3. The number of quaternary nitrogens is 1. The first-order chi connectivity index (χ1) is 13.7. The first-order valence-electron chi connectivity index (χ1n) is 9.56. The molecule has 1 aliphatic carbocycles. The molecule has 1 saturated carbocycles. The minimum Gasteiger partial charge on any atom is -0.335 e. The van der Waals surface area contributed by atoms with Gasteiger partial charge in [-0.1, -0.05) is 19.3 Å². The Morgan fingerprint density at radius 2 is 1.76 bits per heavy atom. The molecule has 0 aliphatic heterocycles. The molecular weight excluding hydrogens is 389 g/mol. The van der Waals surface area contributed by atoms with E-state index >= 15 is 0 Å². The molecule has 0 saturated heterocycles. The number of hydrogen-bond acceptors (Lipinski definition) is 3. The van der Waals surface area contributed by atoms with Gasteiger partial charge in [-0.25, -0.2) is 18.0 Å². The Bertz CT molecular complexity index is 769. The molecule has 4 amide bonds. The lowest BCUT2D eigenvalue weighted by Gasteiger charge is -2.24. The number of anilines is 1. The zero-order valence-corrected chi connectivity index (χ0v) is 16.4. The summed E-state index contributed by atoms with van der Waals surface area (Å²) < 4.78 is 39.8. The summed E-state index contributed by atoms with van der Waals surface area (Å²) in [6.07, 6.45) is 4.97. The van der Waals surface area contributed by atoms with E-state index in [1.165, 1.54) is 6.92 Å². The second-order valence-corrected chi connectivity index (χ2v) is 7.31. The van der Waals surface area contributed by atoms with E-state index in [-0.39, 0.29) is 12.6 Å². The lowest BCUT2D eigenvalue weighted by molar-refractivity contribution is -0.885. The van der Waals surface area contributed by atoms with Gasteiger partial charge in [-0.2, -0.15) is 0 Å². The molecule has 1 aromatic carbocycles. The number of imide groups is 1. The van der Waals surface area contributed by atoms with Crippen LogP contribution >= 0.6 is 0 Å². The van der Waals surface area contributed by atoms with Crippen LogP contribution in [0.15, 0.2) is 12.1 Å². The van der Waals surface area contributed by atoms with Crippen molar-refractivity contribution < 1.29 is 32.5 Å². The average molecular weight is 415 g/mol. The number of urea groups is 1. The Labute approximate surface area is 167 Å². The predicted molar refractivity (Wildman–Crippen MR) is 99.7 cm³/mol.